The summed E-state index contributed by atoms with van der Waals surface area (Å²) >= 11 is 0. The van der Waals surface area contributed by atoms with Gasteiger partial charge in [0, 0.05) is 24.7 Å². The number of hydrogen-bond donors (Lipinski definition) is 2. The lowest BCUT2D eigenvalue weighted by Gasteiger charge is -2.54. The molecular formula is C22H24F3N5O4. The molecule has 4 atom stereocenters. The average molecular weight is 479 g/mol. The van der Waals surface area contributed by atoms with Crippen LogP contribution >= 0.6 is 0 Å². The van der Waals surface area contributed by atoms with E-state index in [4.69, 9.17) is 4.74 Å². The number of nitrogens with zero attached hydrogens (tertiary/aromatic N) is 3. The minimum atomic E-state index is -4.68. The van der Waals surface area contributed by atoms with Crippen molar-refractivity contribution in [3.05, 3.63) is 29.6 Å². The molecule has 12 heteroatoms. The lowest BCUT2D eigenvalue weighted by atomic mass is 9.65. The van der Waals surface area contributed by atoms with Crippen LogP contribution in [-0.2, 0) is 31.7 Å². The second-order valence-electron chi connectivity index (χ2n) is 8.83. The molecule has 2 N–H and O–H groups in total. The number of H-pyrrole nitrogens is 1. The van der Waals surface area contributed by atoms with Crippen molar-refractivity contribution in [3.63, 3.8) is 0 Å². The van der Waals surface area contributed by atoms with Crippen molar-refractivity contribution in [2.75, 3.05) is 11.4 Å². The molecule has 3 heterocycles. The molecule has 0 radical (unpaired) electrons. The summed E-state index contributed by atoms with van der Waals surface area (Å²) in [5.41, 5.74) is -0.0261. The van der Waals surface area contributed by atoms with Crippen LogP contribution in [-0.4, -0.2) is 57.6 Å². The molecule has 2 aliphatic rings. The molecular weight excluding hydrogens is 455 g/mol. The molecule has 2 aromatic rings. The van der Waals surface area contributed by atoms with E-state index in [9.17, 15) is 27.6 Å². The Morgan fingerprint density at radius 3 is 2.50 bits per heavy atom. The van der Waals surface area contributed by atoms with Crippen LogP contribution in [0.15, 0.2) is 18.2 Å². The molecule has 0 unspecified atom stereocenters. The van der Waals surface area contributed by atoms with E-state index in [0.29, 0.717) is 17.7 Å². The number of Topliss-reactive ketones (excluding diaryl/α,β-unsaturated/α-hetero) is 1. The molecule has 9 nitrogen and oxygen atoms in total. The Kier molecular flexibility index (Phi) is 5.75. The summed E-state index contributed by atoms with van der Waals surface area (Å²) in [7, 11) is 0. The van der Waals surface area contributed by atoms with Crippen LogP contribution in [0.3, 0.4) is 0 Å². The van der Waals surface area contributed by atoms with Gasteiger partial charge in [0.15, 0.2) is 5.82 Å². The van der Waals surface area contributed by atoms with E-state index in [1.54, 1.807) is 25.1 Å². The number of imide groups is 1. The summed E-state index contributed by atoms with van der Waals surface area (Å²) in [6, 6.07) is 4.25. The third-order valence-electron chi connectivity index (χ3n) is 6.40. The van der Waals surface area contributed by atoms with Gasteiger partial charge in [-0.15, -0.1) is 10.2 Å². The molecule has 34 heavy (non-hydrogen) atoms. The maximum atomic E-state index is 13.3. The summed E-state index contributed by atoms with van der Waals surface area (Å²) in [5.74, 6) is -3.10. The quantitative estimate of drug-likeness (QED) is 0.649. The highest BCUT2D eigenvalue weighted by Gasteiger charge is 2.59. The minimum absolute atomic E-state index is 0.0614. The Morgan fingerprint density at radius 2 is 1.91 bits per heavy atom. The van der Waals surface area contributed by atoms with Gasteiger partial charge in [-0.05, 0) is 51.0 Å². The molecule has 1 fully saturated rings. The van der Waals surface area contributed by atoms with Crippen molar-refractivity contribution < 1.29 is 32.3 Å². The molecule has 1 saturated heterocycles. The SMILES string of the molecule is CC(=O)NC(=O)[C@]1(C(C)=O)Cc2cc(-c3nnc(C(F)(F)F)[nH]3)ccc2N2C[C@@H](C)O[C@@H](C)[C@@H]21. The number of carbonyl (C=O) groups excluding carboxylic acids is 3. The van der Waals surface area contributed by atoms with Gasteiger partial charge in [0.1, 0.15) is 11.2 Å². The first-order valence-corrected chi connectivity index (χ1v) is 10.7. The second-order valence-corrected chi connectivity index (χ2v) is 8.83. The summed E-state index contributed by atoms with van der Waals surface area (Å²) in [4.78, 5) is 42.3. The number of morpholine rings is 1. The molecule has 2 amide bonds. The van der Waals surface area contributed by atoms with Crippen LogP contribution in [0.4, 0.5) is 18.9 Å². The molecule has 4 rings (SSSR count). The van der Waals surface area contributed by atoms with Crippen molar-refractivity contribution in [2.45, 2.75) is 58.5 Å². The van der Waals surface area contributed by atoms with E-state index in [2.05, 4.69) is 20.5 Å². The van der Waals surface area contributed by atoms with Gasteiger partial charge in [-0.25, -0.2) is 0 Å². The monoisotopic (exact) mass is 479 g/mol. The number of ether oxygens (including phenoxy) is 1. The van der Waals surface area contributed by atoms with Crippen LogP contribution in [0, 0.1) is 5.41 Å². The number of alkyl halides is 3. The first-order chi connectivity index (χ1) is 15.8. The highest BCUT2D eigenvalue weighted by atomic mass is 19.4. The number of anilines is 1. The van der Waals surface area contributed by atoms with E-state index in [1.165, 1.54) is 13.8 Å². The minimum Gasteiger partial charge on any atom is -0.372 e. The fourth-order valence-corrected chi connectivity index (χ4v) is 5.10. The Morgan fingerprint density at radius 1 is 1.21 bits per heavy atom. The summed E-state index contributed by atoms with van der Waals surface area (Å²) in [6.45, 7) is 6.50. The highest BCUT2D eigenvalue weighted by Crippen LogP contribution is 2.47. The molecule has 2 aliphatic heterocycles. The number of fused-ring (bicyclic) bond motifs is 3. The third-order valence-corrected chi connectivity index (χ3v) is 6.40. The van der Waals surface area contributed by atoms with Crippen molar-refractivity contribution in [1.82, 2.24) is 20.5 Å². The van der Waals surface area contributed by atoms with Crippen molar-refractivity contribution in [2.24, 2.45) is 5.41 Å². The van der Waals surface area contributed by atoms with Gasteiger partial charge in [0.25, 0.3) is 0 Å². The second kappa shape index (κ2) is 8.19. The van der Waals surface area contributed by atoms with E-state index >= 15 is 0 Å². The Bertz CT molecular complexity index is 1160. The smallest absolute Gasteiger partial charge is 0.372 e. The van der Waals surface area contributed by atoms with Crippen molar-refractivity contribution >= 4 is 23.3 Å². The van der Waals surface area contributed by atoms with Crippen LogP contribution in [0.2, 0.25) is 0 Å². The number of aromatic amines is 1. The lowest BCUT2D eigenvalue weighted by Crippen LogP contribution is -2.69. The molecule has 1 aromatic heterocycles. The number of benzene rings is 1. The van der Waals surface area contributed by atoms with Crippen molar-refractivity contribution in [1.29, 1.82) is 0 Å². The molecule has 0 spiro atoms. The van der Waals surface area contributed by atoms with Crippen LogP contribution < -0.4 is 10.2 Å². The first kappa shape index (κ1) is 23.9. The molecule has 0 saturated carbocycles. The molecule has 182 valence electrons. The number of hydrogen-bond acceptors (Lipinski definition) is 7. The number of halogens is 3. The maximum Gasteiger partial charge on any atom is 0.451 e. The third kappa shape index (κ3) is 3.85. The lowest BCUT2D eigenvalue weighted by molar-refractivity contribution is -0.151. The maximum absolute atomic E-state index is 13.3. The number of nitrogens with one attached hydrogen (secondary N) is 2. The molecule has 0 bridgehead atoms. The normalized spacial score (nSPS) is 26.4. The summed E-state index contributed by atoms with van der Waals surface area (Å²) in [6.07, 6.45) is -5.46. The van der Waals surface area contributed by atoms with Gasteiger partial charge in [-0.2, -0.15) is 13.2 Å². The number of carbonyl (C=O) groups is 3. The van der Waals surface area contributed by atoms with Gasteiger partial charge in [0.2, 0.25) is 17.6 Å². The van der Waals surface area contributed by atoms with Gasteiger partial charge < -0.3 is 14.6 Å². The zero-order chi connectivity index (χ0) is 25.0. The first-order valence-electron chi connectivity index (χ1n) is 10.7. The Labute approximate surface area is 193 Å². The zero-order valence-electron chi connectivity index (χ0n) is 19.0. The molecule has 0 aliphatic carbocycles. The standard InChI is InChI=1S/C22H24F3N5O4/c1-10-9-30-16-6-5-14(18-27-19(29-28-18)22(23,24)25)7-15(16)8-21(12(3)31,17(30)11(2)34-10)20(33)26-13(4)32/h5-7,10-11,17H,8-9H2,1-4H3,(H,26,32,33)(H,27,28,29)/t10-,11+,17-,21+/m1/s1. The van der Waals surface area contributed by atoms with Crippen molar-refractivity contribution in [3.8, 4) is 11.4 Å². The van der Waals surface area contributed by atoms with Gasteiger partial charge in [0.05, 0.1) is 18.2 Å². The topological polar surface area (TPSA) is 117 Å². The van der Waals surface area contributed by atoms with Crippen LogP contribution in [0.25, 0.3) is 11.4 Å². The van der Waals surface area contributed by atoms with E-state index in [1.807, 2.05) is 11.8 Å². The highest BCUT2D eigenvalue weighted by molar-refractivity contribution is 6.11. The summed E-state index contributed by atoms with van der Waals surface area (Å²) < 4.78 is 44.9. The Balaban J connectivity index is 1.86. The number of rotatable bonds is 3. The predicted octanol–water partition coefficient (Wildman–Crippen LogP) is 2.27. The number of ketones is 1. The van der Waals surface area contributed by atoms with E-state index < -0.39 is 47.2 Å². The zero-order valence-corrected chi connectivity index (χ0v) is 19.0. The predicted molar refractivity (Wildman–Crippen MR) is 114 cm³/mol. The van der Waals surface area contributed by atoms with E-state index in [-0.39, 0.29) is 18.3 Å². The van der Waals surface area contributed by atoms with Gasteiger partial charge in [-0.3, -0.25) is 19.7 Å². The number of amides is 2. The molecule has 1 aromatic carbocycles. The van der Waals surface area contributed by atoms with Gasteiger partial charge >= 0.3 is 6.18 Å². The Hall–Kier alpha value is -3.28. The van der Waals surface area contributed by atoms with Crippen LogP contribution in [0.1, 0.15) is 39.1 Å². The fourth-order valence-electron chi connectivity index (χ4n) is 5.10. The number of aromatic nitrogens is 3. The largest absolute Gasteiger partial charge is 0.451 e. The summed E-state index contributed by atoms with van der Waals surface area (Å²) in [5, 5.41) is 9.03. The van der Waals surface area contributed by atoms with Crippen LogP contribution in [0.5, 0.6) is 0 Å². The fraction of sp³-hybridized carbons (Fsp3) is 0.500. The average Bonchev–Trinajstić information content (AvgIpc) is 3.22. The van der Waals surface area contributed by atoms with Gasteiger partial charge in [-0.1, -0.05) is 0 Å². The van der Waals surface area contributed by atoms with E-state index in [0.717, 1.165) is 5.69 Å².